The second-order valence-electron chi connectivity index (χ2n) is 5.91. The van der Waals surface area contributed by atoms with E-state index in [-0.39, 0.29) is 17.0 Å². The van der Waals surface area contributed by atoms with Crippen molar-refractivity contribution in [3.05, 3.63) is 0 Å². The summed E-state index contributed by atoms with van der Waals surface area (Å²) < 4.78 is 0. The minimum atomic E-state index is -0.879. The molecule has 0 nitrogen and oxygen atoms in total. The van der Waals surface area contributed by atoms with Gasteiger partial charge in [-0.25, -0.2) is 0 Å². The molecule has 0 atom stereocenters. The third-order valence-electron chi connectivity index (χ3n) is 4.24. The standard InChI is InChI=1S/C16H37P.BrH/c1-5-9-13-17(14-10-6-2,15-11-7-3)16-12-8-4;/h17H,5-16H2,1-4H3;1H. The zero-order chi connectivity index (χ0) is 13.0. The summed E-state index contributed by atoms with van der Waals surface area (Å²) in [6.45, 7) is 9.44. The molecule has 0 aromatic carbocycles. The molecule has 0 aliphatic rings. The Labute approximate surface area is 128 Å². The van der Waals surface area contributed by atoms with E-state index < -0.39 is 7.26 Å². The molecule has 0 spiro atoms. The third-order valence-corrected chi connectivity index (χ3v) is 9.90. The summed E-state index contributed by atoms with van der Waals surface area (Å²) >= 11 is 0. The fourth-order valence-electron chi connectivity index (χ4n) is 2.96. The minimum absolute atomic E-state index is 0. The van der Waals surface area contributed by atoms with Gasteiger partial charge in [-0.05, 0) is 0 Å². The first-order valence-electron chi connectivity index (χ1n) is 8.24. The molecule has 0 aliphatic carbocycles. The van der Waals surface area contributed by atoms with Crippen LogP contribution in [-0.4, -0.2) is 24.6 Å². The van der Waals surface area contributed by atoms with Crippen LogP contribution in [0.5, 0.6) is 0 Å². The molecular formula is C16H38BrP. The molecule has 0 bridgehead atoms. The van der Waals surface area contributed by atoms with Crippen LogP contribution in [0, 0.1) is 0 Å². The summed E-state index contributed by atoms with van der Waals surface area (Å²) in [4.78, 5) is 0. The van der Waals surface area contributed by atoms with E-state index in [1.807, 2.05) is 0 Å². The molecule has 0 saturated carbocycles. The number of rotatable bonds is 12. The van der Waals surface area contributed by atoms with E-state index in [0.29, 0.717) is 0 Å². The number of hydrogen-bond acceptors (Lipinski definition) is 0. The summed E-state index contributed by atoms with van der Waals surface area (Å²) in [7, 11) is -0.879. The van der Waals surface area contributed by atoms with Crippen molar-refractivity contribution in [2.45, 2.75) is 79.1 Å². The van der Waals surface area contributed by atoms with E-state index in [1.165, 1.54) is 51.4 Å². The molecular weight excluding hydrogens is 303 g/mol. The Morgan fingerprint density at radius 1 is 0.500 bits per heavy atom. The van der Waals surface area contributed by atoms with Gasteiger partial charge in [-0.3, -0.25) is 0 Å². The van der Waals surface area contributed by atoms with Gasteiger partial charge in [0.15, 0.2) is 0 Å². The summed E-state index contributed by atoms with van der Waals surface area (Å²) in [5, 5.41) is 0. The second kappa shape index (κ2) is 14.3. The molecule has 2 heteroatoms. The Morgan fingerprint density at radius 2 is 0.722 bits per heavy atom. The summed E-state index contributed by atoms with van der Waals surface area (Å²) in [6, 6.07) is 0. The van der Waals surface area contributed by atoms with Crippen LogP contribution in [0.2, 0.25) is 0 Å². The predicted octanol–water partition coefficient (Wildman–Crippen LogP) is 6.51. The number of halogens is 1. The molecule has 18 heavy (non-hydrogen) atoms. The van der Waals surface area contributed by atoms with Crippen molar-refractivity contribution < 1.29 is 0 Å². The first-order chi connectivity index (χ1) is 8.24. The molecule has 0 radical (unpaired) electrons. The quantitative estimate of drug-likeness (QED) is 0.355. The van der Waals surface area contributed by atoms with Crippen molar-refractivity contribution in [2.24, 2.45) is 0 Å². The number of unbranched alkanes of at least 4 members (excludes halogenated alkanes) is 4. The Morgan fingerprint density at radius 3 is 0.889 bits per heavy atom. The van der Waals surface area contributed by atoms with Gasteiger partial charge in [-0.2, -0.15) is 0 Å². The summed E-state index contributed by atoms with van der Waals surface area (Å²) in [5.74, 6) is 0. The molecule has 0 rings (SSSR count). The normalized spacial score (nSPS) is 12.2. The van der Waals surface area contributed by atoms with Crippen LogP contribution in [0.4, 0.5) is 0 Å². The van der Waals surface area contributed by atoms with Crippen LogP contribution < -0.4 is 0 Å². The Balaban J connectivity index is 0. The molecule has 114 valence electrons. The third kappa shape index (κ3) is 9.79. The number of hydrogen-bond donors (Lipinski definition) is 0. The fraction of sp³-hybridized carbons (Fsp3) is 1.00. The molecule has 0 aliphatic heterocycles. The van der Waals surface area contributed by atoms with E-state index in [9.17, 15) is 0 Å². The zero-order valence-corrected chi connectivity index (χ0v) is 16.1. The predicted molar refractivity (Wildman–Crippen MR) is 97.7 cm³/mol. The Kier molecular flexibility index (Phi) is 16.9. The van der Waals surface area contributed by atoms with E-state index in [2.05, 4.69) is 27.7 Å². The molecule has 0 unspecified atom stereocenters. The van der Waals surface area contributed by atoms with Crippen molar-refractivity contribution in [1.82, 2.24) is 0 Å². The van der Waals surface area contributed by atoms with Gasteiger partial charge in [0.05, 0.1) is 0 Å². The monoisotopic (exact) mass is 340 g/mol. The van der Waals surface area contributed by atoms with Gasteiger partial charge in [0, 0.05) is 0 Å². The molecule has 0 heterocycles. The van der Waals surface area contributed by atoms with Crippen LogP contribution in [0.15, 0.2) is 0 Å². The first kappa shape index (κ1) is 21.2. The van der Waals surface area contributed by atoms with Gasteiger partial charge in [-0.1, -0.05) is 0 Å². The molecule has 0 fully saturated rings. The maximum absolute atomic E-state index is 2.36. The van der Waals surface area contributed by atoms with Gasteiger partial charge >= 0.3 is 111 Å². The average molecular weight is 341 g/mol. The van der Waals surface area contributed by atoms with Crippen molar-refractivity contribution in [3.63, 3.8) is 0 Å². The van der Waals surface area contributed by atoms with E-state index in [1.54, 1.807) is 24.6 Å². The van der Waals surface area contributed by atoms with E-state index in [0.717, 1.165) is 0 Å². The summed E-state index contributed by atoms with van der Waals surface area (Å²) in [6.07, 6.45) is 18.1. The van der Waals surface area contributed by atoms with E-state index >= 15 is 0 Å². The topological polar surface area (TPSA) is 0 Å². The summed E-state index contributed by atoms with van der Waals surface area (Å²) in [5.41, 5.74) is 0. The van der Waals surface area contributed by atoms with Gasteiger partial charge in [-0.15, -0.1) is 17.0 Å². The van der Waals surface area contributed by atoms with Crippen molar-refractivity contribution >= 4 is 24.2 Å². The van der Waals surface area contributed by atoms with Crippen LogP contribution in [0.1, 0.15) is 79.1 Å². The first-order valence-corrected chi connectivity index (χ1v) is 11.1. The van der Waals surface area contributed by atoms with Crippen LogP contribution in [0.25, 0.3) is 0 Å². The second-order valence-corrected chi connectivity index (χ2v) is 10.9. The van der Waals surface area contributed by atoms with Gasteiger partial charge < -0.3 is 0 Å². The van der Waals surface area contributed by atoms with Crippen molar-refractivity contribution in [1.29, 1.82) is 0 Å². The SMILES string of the molecule is Br.CCCC[PH](CCCC)(CCCC)CCCC. The molecule has 0 saturated heterocycles. The molecule has 0 aromatic heterocycles. The van der Waals surface area contributed by atoms with Crippen LogP contribution >= 0.6 is 24.2 Å². The maximum atomic E-state index is 2.36. The fourth-order valence-corrected chi connectivity index (χ4v) is 8.87. The van der Waals surface area contributed by atoms with Gasteiger partial charge in [0.1, 0.15) is 0 Å². The van der Waals surface area contributed by atoms with Crippen molar-refractivity contribution in [2.75, 3.05) is 24.6 Å². The molecule has 0 aromatic rings. The molecule has 0 amide bonds. The van der Waals surface area contributed by atoms with Gasteiger partial charge in [0.2, 0.25) is 0 Å². The van der Waals surface area contributed by atoms with Crippen molar-refractivity contribution in [3.8, 4) is 0 Å². The molecule has 0 N–H and O–H groups in total. The van der Waals surface area contributed by atoms with E-state index in [4.69, 9.17) is 0 Å². The Bertz CT molecular complexity index is 122. The average Bonchev–Trinajstić information content (AvgIpc) is 2.37. The van der Waals surface area contributed by atoms with Crippen LogP contribution in [0.3, 0.4) is 0 Å². The zero-order valence-electron chi connectivity index (χ0n) is 13.4. The van der Waals surface area contributed by atoms with Crippen LogP contribution in [-0.2, 0) is 0 Å². The Hall–Kier alpha value is 0.910. The van der Waals surface area contributed by atoms with Gasteiger partial charge in [0.25, 0.3) is 0 Å².